The van der Waals surface area contributed by atoms with Crippen LogP contribution < -0.4 is 5.73 Å². The summed E-state index contributed by atoms with van der Waals surface area (Å²) >= 11 is 3.37. The van der Waals surface area contributed by atoms with Crippen LogP contribution in [0.15, 0.2) is 28.7 Å². The van der Waals surface area contributed by atoms with E-state index in [1.807, 2.05) is 24.3 Å². The van der Waals surface area contributed by atoms with Gasteiger partial charge in [0.15, 0.2) is 0 Å². The Morgan fingerprint density at radius 2 is 2.19 bits per heavy atom. The lowest BCUT2D eigenvalue weighted by Gasteiger charge is -2.10. The van der Waals surface area contributed by atoms with Gasteiger partial charge in [-0.3, -0.25) is 4.79 Å². The van der Waals surface area contributed by atoms with Crippen molar-refractivity contribution in [1.82, 2.24) is 0 Å². The van der Waals surface area contributed by atoms with Gasteiger partial charge in [-0.05, 0) is 31.0 Å². The maximum Gasteiger partial charge on any atom is 0.326 e. The van der Waals surface area contributed by atoms with E-state index < -0.39 is 5.54 Å². The third-order valence-electron chi connectivity index (χ3n) is 2.93. The number of esters is 1. The highest BCUT2D eigenvalue weighted by atomic mass is 79.9. The monoisotopic (exact) mass is 283 g/mol. The Balaban J connectivity index is 2.10. The molecule has 0 heterocycles. The van der Waals surface area contributed by atoms with Gasteiger partial charge in [0.25, 0.3) is 0 Å². The molecule has 2 N–H and O–H groups in total. The summed E-state index contributed by atoms with van der Waals surface area (Å²) in [6, 6.07) is 7.89. The van der Waals surface area contributed by atoms with Crippen molar-refractivity contribution in [2.75, 3.05) is 6.61 Å². The predicted molar refractivity (Wildman–Crippen MR) is 65.1 cm³/mol. The summed E-state index contributed by atoms with van der Waals surface area (Å²) in [6.45, 7) is 2.17. The molecule has 86 valence electrons. The number of hydrogen-bond donors (Lipinski definition) is 1. The molecule has 0 aromatic heterocycles. The van der Waals surface area contributed by atoms with Crippen LogP contribution >= 0.6 is 15.9 Å². The summed E-state index contributed by atoms with van der Waals surface area (Å²) < 4.78 is 5.99. The molecule has 1 aromatic rings. The first-order chi connectivity index (χ1) is 7.58. The Morgan fingerprint density at radius 3 is 2.75 bits per heavy atom. The van der Waals surface area contributed by atoms with Crippen LogP contribution in [0.3, 0.4) is 0 Å². The molecule has 0 radical (unpaired) electrons. The van der Waals surface area contributed by atoms with Gasteiger partial charge in [-0.15, -0.1) is 0 Å². The number of benzene rings is 1. The van der Waals surface area contributed by atoms with Crippen LogP contribution in [-0.2, 0) is 9.53 Å². The number of hydrogen-bond acceptors (Lipinski definition) is 3. The van der Waals surface area contributed by atoms with Crippen LogP contribution in [-0.4, -0.2) is 18.1 Å². The van der Waals surface area contributed by atoms with E-state index in [1.54, 1.807) is 6.92 Å². The van der Waals surface area contributed by atoms with Crippen LogP contribution in [0, 0.1) is 0 Å². The van der Waals surface area contributed by atoms with Crippen molar-refractivity contribution in [2.24, 2.45) is 5.73 Å². The number of rotatable bonds is 3. The summed E-state index contributed by atoms with van der Waals surface area (Å²) in [4.78, 5) is 11.6. The summed E-state index contributed by atoms with van der Waals surface area (Å²) in [5.74, 6) is -0.192. The fourth-order valence-corrected chi connectivity index (χ4v) is 2.14. The van der Waals surface area contributed by atoms with E-state index in [1.165, 1.54) is 0 Å². The molecule has 1 saturated carbocycles. The van der Waals surface area contributed by atoms with Crippen LogP contribution in [0.1, 0.15) is 24.8 Å². The number of carbonyl (C=O) groups is 1. The van der Waals surface area contributed by atoms with Crippen molar-refractivity contribution >= 4 is 21.9 Å². The third kappa shape index (κ3) is 1.99. The van der Waals surface area contributed by atoms with Crippen molar-refractivity contribution in [2.45, 2.75) is 24.8 Å². The van der Waals surface area contributed by atoms with Gasteiger partial charge in [0.2, 0.25) is 0 Å². The Hall–Kier alpha value is -0.870. The van der Waals surface area contributed by atoms with Crippen LogP contribution in [0.5, 0.6) is 0 Å². The molecule has 1 aliphatic rings. The van der Waals surface area contributed by atoms with Gasteiger partial charge in [-0.1, -0.05) is 28.1 Å². The molecule has 16 heavy (non-hydrogen) atoms. The molecule has 1 aromatic carbocycles. The Kier molecular flexibility index (Phi) is 3.04. The zero-order valence-corrected chi connectivity index (χ0v) is 10.7. The topological polar surface area (TPSA) is 52.3 Å². The van der Waals surface area contributed by atoms with E-state index in [0.29, 0.717) is 13.0 Å². The molecular weight excluding hydrogens is 270 g/mol. The van der Waals surface area contributed by atoms with E-state index in [0.717, 1.165) is 10.0 Å². The fourth-order valence-electron chi connectivity index (χ4n) is 1.88. The molecule has 1 aliphatic carbocycles. The summed E-state index contributed by atoms with van der Waals surface area (Å²) in [5, 5.41) is 0. The molecule has 0 amide bonds. The second-order valence-electron chi connectivity index (χ2n) is 4.07. The lowest BCUT2D eigenvalue weighted by atomic mass is 10.1. The largest absolute Gasteiger partial charge is 0.465 e. The second-order valence-corrected chi connectivity index (χ2v) is 4.98. The van der Waals surface area contributed by atoms with Gasteiger partial charge < -0.3 is 10.5 Å². The first-order valence-corrected chi connectivity index (χ1v) is 6.09. The molecule has 2 atom stereocenters. The minimum atomic E-state index is -0.802. The number of ether oxygens (including phenoxy) is 1. The van der Waals surface area contributed by atoms with Crippen molar-refractivity contribution in [1.29, 1.82) is 0 Å². The average Bonchev–Trinajstić information content (AvgIpc) is 2.94. The van der Waals surface area contributed by atoms with Gasteiger partial charge in [0.05, 0.1) is 6.61 Å². The van der Waals surface area contributed by atoms with Crippen molar-refractivity contribution in [3.8, 4) is 0 Å². The zero-order valence-electron chi connectivity index (χ0n) is 9.07. The van der Waals surface area contributed by atoms with E-state index in [9.17, 15) is 4.79 Å². The average molecular weight is 284 g/mol. The number of halogens is 1. The van der Waals surface area contributed by atoms with E-state index in [-0.39, 0.29) is 11.9 Å². The van der Waals surface area contributed by atoms with Gasteiger partial charge in [-0.25, -0.2) is 0 Å². The Labute approximate surface area is 103 Å². The molecule has 4 heteroatoms. The molecule has 3 nitrogen and oxygen atoms in total. The summed E-state index contributed by atoms with van der Waals surface area (Å²) in [7, 11) is 0. The molecule has 1 fully saturated rings. The number of carbonyl (C=O) groups excluding carboxylic acids is 1. The van der Waals surface area contributed by atoms with Crippen LogP contribution in [0.25, 0.3) is 0 Å². The standard InChI is InChI=1S/C12H14BrNO2/c1-2-16-11(15)12(14)7-10(12)8-3-5-9(13)6-4-8/h3-6,10H,2,7,14H2,1H3/t10-,12+/m1/s1. The maximum absolute atomic E-state index is 11.6. The predicted octanol–water partition coefficient (Wildman–Crippen LogP) is 2.20. The van der Waals surface area contributed by atoms with E-state index in [2.05, 4.69) is 15.9 Å². The van der Waals surface area contributed by atoms with Gasteiger partial charge in [0, 0.05) is 10.4 Å². The first kappa shape index (κ1) is 11.6. The molecule has 0 spiro atoms. The minimum Gasteiger partial charge on any atom is -0.465 e. The van der Waals surface area contributed by atoms with Gasteiger partial charge in [0.1, 0.15) is 5.54 Å². The Bertz CT molecular complexity index is 404. The lowest BCUT2D eigenvalue weighted by molar-refractivity contribution is -0.145. The normalized spacial score (nSPS) is 27.6. The van der Waals surface area contributed by atoms with Gasteiger partial charge in [-0.2, -0.15) is 0 Å². The highest BCUT2D eigenvalue weighted by Crippen LogP contribution is 2.50. The third-order valence-corrected chi connectivity index (χ3v) is 3.46. The smallest absolute Gasteiger partial charge is 0.326 e. The van der Waals surface area contributed by atoms with Crippen molar-refractivity contribution in [3.63, 3.8) is 0 Å². The quantitative estimate of drug-likeness (QED) is 0.866. The molecule has 0 saturated heterocycles. The molecule has 2 rings (SSSR count). The second kappa shape index (κ2) is 4.18. The minimum absolute atomic E-state index is 0.0969. The Morgan fingerprint density at radius 1 is 1.56 bits per heavy atom. The summed E-state index contributed by atoms with van der Waals surface area (Å²) in [6.07, 6.45) is 0.674. The highest BCUT2D eigenvalue weighted by Gasteiger charge is 2.58. The lowest BCUT2D eigenvalue weighted by Crippen LogP contribution is -2.36. The molecule has 0 aliphatic heterocycles. The summed E-state index contributed by atoms with van der Waals surface area (Å²) in [5.41, 5.74) is 6.30. The maximum atomic E-state index is 11.6. The zero-order chi connectivity index (χ0) is 11.8. The SMILES string of the molecule is CCOC(=O)[C@]1(N)C[C@@H]1c1ccc(Br)cc1. The van der Waals surface area contributed by atoms with E-state index in [4.69, 9.17) is 10.5 Å². The van der Waals surface area contributed by atoms with E-state index >= 15 is 0 Å². The van der Waals surface area contributed by atoms with Crippen LogP contribution in [0.2, 0.25) is 0 Å². The fraction of sp³-hybridized carbons (Fsp3) is 0.417. The van der Waals surface area contributed by atoms with Crippen molar-refractivity contribution in [3.05, 3.63) is 34.3 Å². The number of nitrogens with two attached hydrogens (primary N) is 1. The molecule has 0 bridgehead atoms. The molecule has 0 unspecified atom stereocenters. The molecular formula is C12H14BrNO2. The first-order valence-electron chi connectivity index (χ1n) is 5.29. The van der Waals surface area contributed by atoms with Crippen molar-refractivity contribution < 1.29 is 9.53 Å². The highest BCUT2D eigenvalue weighted by molar-refractivity contribution is 9.10. The van der Waals surface area contributed by atoms with Crippen LogP contribution in [0.4, 0.5) is 0 Å². The van der Waals surface area contributed by atoms with Gasteiger partial charge >= 0.3 is 5.97 Å².